The second kappa shape index (κ2) is 6.91. The standard InChI is InChI=1S/C15H14BrClN2O2/c1-18(8-11-2-5-13(17)6-3-11)15(21)10-19-9-12(16)4-7-14(19)20/h2-7,9H,8,10H2,1H3. The van der Waals surface area contributed by atoms with E-state index in [1.807, 2.05) is 12.1 Å². The molecule has 0 spiro atoms. The summed E-state index contributed by atoms with van der Waals surface area (Å²) in [5.74, 6) is -0.134. The molecule has 0 fully saturated rings. The molecule has 6 heteroatoms. The van der Waals surface area contributed by atoms with Gasteiger partial charge in [0.1, 0.15) is 6.54 Å². The van der Waals surface area contributed by atoms with Crippen LogP contribution >= 0.6 is 27.5 Å². The van der Waals surface area contributed by atoms with Gasteiger partial charge in [-0.25, -0.2) is 0 Å². The van der Waals surface area contributed by atoms with Crippen LogP contribution in [0.15, 0.2) is 51.9 Å². The van der Waals surface area contributed by atoms with Crippen molar-refractivity contribution in [3.63, 3.8) is 0 Å². The molecule has 2 aromatic rings. The molecule has 4 nitrogen and oxygen atoms in total. The predicted molar refractivity (Wildman–Crippen MR) is 86.3 cm³/mol. The first-order chi connectivity index (χ1) is 9.95. The Balaban J connectivity index is 2.04. The Morgan fingerprint density at radius 2 is 1.90 bits per heavy atom. The third kappa shape index (κ3) is 4.44. The molecule has 0 atom stereocenters. The summed E-state index contributed by atoms with van der Waals surface area (Å²) in [6.45, 7) is 0.487. The summed E-state index contributed by atoms with van der Waals surface area (Å²) in [6.07, 6.45) is 1.61. The van der Waals surface area contributed by atoms with Crippen molar-refractivity contribution in [2.45, 2.75) is 13.1 Å². The zero-order valence-electron chi connectivity index (χ0n) is 11.4. The summed E-state index contributed by atoms with van der Waals surface area (Å²) in [4.78, 5) is 25.4. The predicted octanol–water partition coefficient (Wildman–Crippen LogP) is 2.92. The molecule has 110 valence electrons. The second-order valence-electron chi connectivity index (χ2n) is 4.69. The summed E-state index contributed by atoms with van der Waals surface area (Å²) in [5, 5.41) is 0.661. The van der Waals surface area contributed by atoms with Crippen LogP contribution in [0.5, 0.6) is 0 Å². The van der Waals surface area contributed by atoms with Gasteiger partial charge in [-0.15, -0.1) is 0 Å². The Morgan fingerprint density at radius 3 is 2.57 bits per heavy atom. The summed E-state index contributed by atoms with van der Waals surface area (Å²) in [5.41, 5.74) is 0.781. The van der Waals surface area contributed by atoms with E-state index in [4.69, 9.17) is 11.6 Å². The van der Waals surface area contributed by atoms with Gasteiger partial charge in [0.05, 0.1) is 0 Å². The molecule has 2 rings (SSSR count). The molecule has 0 saturated heterocycles. The number of benzene rings is 1. The molecule has 0 aliphatic carbocycles. The molecule has 0 radical (unpaired) electrons. The fourth-order valence-corrected chi connectivity index (χ4v) is 2.35. The third-order valence-electron chi connectivity index (χ3n) is 3.01. The Hall–Kier alpha value is -1.59. The molecular formula is C15H14BrClN2O2. The minimum absolute atomic E-state index is 0.0162. The van der Waals surface area contributed by atoms with Gasteiger partial charge >= 0.3 is 0 Å². The number of aromatic nitrogens is 1. The van der Waals surface area contributed by atoms with Crippen LogP contribution in [0.2, 0.25) is 5.02 Å². The maximum absolute atomic E-state index is 12.2. The van der Waals surface area contributed by atoms with Gasteiger partial charge in [-0.1, -0.05) is 23.7 Å². The number of rotatable bonds is 4. The van der Waals surface area contributed by atoms with Crippen molar-refractivity contribution in [1.82, 2.24) is 9.47 Å². The van der Waals surface area contributed by atoms with Crippen LogP contribution in [-0.2, 0) is 17.9 Å². The third-order valence-corrected chi connectivity index (χ3v) is 3.73. The summed E-state index contributed by atoms with van der Waals surface area (Å²) < 4.78 is 2.14. The molecule has 1 amide bonds. The van der Waals surface area contributed by atoms with E-state index in [2.05, 4.69) is 15.9 Å². The minimum Gasteiger partial charge on any atom is -0.340 e. The van der Waals surface area contributed by atoms with Crippen molar-refractivity contribution in [1.29, 1.82) is 0 Å². The number of carbonyl (C=O) groups is 1. The maximum Gasteiger partial charge on any atom is 0.251 e. The van der Waals surface area contributed by atoms with Gasteiger partial charge in [0.2, 0.25) is 5.91 Å². The van der Waals surface area contributed by atoms with Gasteiger partial charge in [-0.2, -0.15) is 0 Å². The van der Waals surface area contributed by atoms with Crippen LogP contribution in [0.4, 0.5) is 0 Å². The lowest BCUT2D eigenvalue weighted by Gasteiger charge is -2.18. The fourth-order valence-electron chi connectivity index (χ4n) is 1.84. The van der Waals surface area contributed by atoms with Crippen LogP contribution in [0.25, 0.3) is 0 Å². The number of likely N-dealkylation sites (N-methyl/N-ethyl adjacent to an activating group) is 1. The molecular weight excluding hydrogens is 356 g/mol. The first-order valence-corrected chi connectivity index (χ1v) is 7.47. The zero-order chi connectivity index (χ0) is 15.4. The van der Waals surface area contributed by atoms with Crippen molar-refractivity contribution in [2.75, 3.05) is 7.05 Å². The molecule has 1 aromatic carbocycles. The molecule has 0 saturated carbocycles. The quantitative estimate of drug-likeness (QED) is 0.831. The second-order valence-corrected chi connectivity index (χ2v) is 6.04. The smallest absolute Gasteiger partial charge is 0.251 e. The molecule has 0 unspecified atom stereocenters. The number of pyridine rings is 1. The number of carbonyl (C=O) groups excluding carboxylic acids is 1. The molecule has 0 bridgehead atoms. The van der Waals surface area contributed by atoms with E-state index in [1.165, 1.54) is 10.6 Å². The van der Waals surface area contributed by atoms with E-state index in [1.54, 1.807) is 36.3 Å². The minimum atomic E-state index is -0.202. The molecule has 0 aliphatic rings. The highest BCUT2D eigenvalue weighted by molar-refractivity contribution is 9.10. The lowest BCUT2D eigenvalue weighted by molar-refractivity contribution is -0.131. The maximum atomic E-state index is 12.2. The summed E-state index contributed by atoms with van der Waals surface area (Å²) >= 11 is 9.11. The fraction of sp³-hybridized carbons (Fsp3) is 0.200. The van der Waals surface area contributed by atoms with E-state index in [-0.39, 0.29) is 18.0 Å². The van der Waals surface area contributed by atoms with Gasteiger partial charge in [0.15, 0.2) is 0 Å². The topological polar surface area (TPSA) is 42.3 Å². The van der Waals surface area contributed by atoms with Crippen LogP contribution in [0.3, 0.4) is 0 Å². The van der Waals surface area contributed by atoms with Crippen molar-refractivity contribution < 1.29 is 4.79 Å². The highest BCUT2D eigenvalue weighted by atomic mass is 79.9. The Bertz CT molecular complexity index is 698. The van der Waals surface area contributed by atoms with Crippen LogP contribution in [-0.4, -0.2) is 22.4 Å². The monoisotopic (exact) mass is 368 g/mol. The van der Waals surface area contributed by atoms with Crippen molar-refractivity contribution in [3.05, 3.63) is 68.0 Å². The summed E-state index contributed by atoms with van der Waals surface area (Å²) in [7, 11) is 1.71. The van der Waals surface area contributed by atoms with Gasteiger partial charge in [-0.05, 0) is 39.7 Å². The Labute approximate surface area is 136 Å². The molecule has 1 heterocycles. The van der Waals surface area contributed by atoms with Crippen LogP contribution < -0.4 is 5.56 Å². The van der Waals surface area contributed by atoms with Gasteiger partial charge in [0.25, 0.3) is 5.56 Å². The van der Waals surface area contributed by atoms with Crippen molar-refractivity contribution >= 4 is 33.4 Å². The number of amides is 1. The van der Waals surface area contributed by atoms with E-state index in [0.29, 0.717) is 11.6 Å². The lowest BCUT2D eigenvalue weighted by Crippen LogP contribution is -2.33. The highest BCUT2D eigenvalue weighted by Crippen LogP contribution is 2.11. The molecule has 21 heavy (non-hydrogen) atoms. The number of hydrogen-bond acceptors (Lipinski definition) is 2. The van der Waals surface area contributed by atoms with Gasteiger partial charge in [-0.3, -0.25) is 9.59 Å². The average Bonchev–Trinajstić information content (AvgIpc) is 2.45. The number of hydrogen-bond donors (Lipinski definition) is 0. The van der Waals surface area contributed by atoms with E-state index in [0.717, 1.165) is 10.0 Å². The van der Waals surface area contributed by atoms with Crippen LogP contribution in [0.1, 0.15) is 5.56 Å². The molecule has 0 N–H and O–H groups in total. The first kappa shape index (κ1) is 15.8. The molecule has 1 aromatic heterocycles. The number of halogens is 2. The van der Waals surface area contributed by atoms with Gasteiger partial charge < -0.3 is 9.47 Å². The van der Waals surface area contributed by atoms with E-state index in [9.17, 15) is 9.59 Å². The first-order valence-electron chi connectivity index (χ1n) is 6.30. The zero-order valence-corrected chi connectivity index (χ0v) is 13.8. The Kier molecular flexibility index (Phi) is 5.20. The average molecular weight is 370 g/mol. The van der Waals surface area contributed by atoms with Crippen molar-refractivity contribution in [3.8, 4) is 0 Å². The number of nitrogens with zero attached hydrogens (tertiary/aromatic N) is 2. The SMILES string of the molecule is CN(Cc1ccc(Cl)cc1)C(=O)Cn1cc(Br)ccc1=O. The van der Waals surface area contributed by atoms with E-state index < -0.39 is 0 Å². The normalized spacial score (nSPS) is 10.4. The largest absolute Gasteiger partial charge is 0.340 e. The van der Waals surface area contributed by atoms with Crippen molar-refractivity contribution in [2.24, 2.45) is 0 Å². The molecule has 0 aliphatic heterocycles. The van der Waals surface area contributed by atoms with E-state index >= 15 is 0 Å². The lowest BCUT2D eigenvalue weighted by atomic mass is 10.2. The van der Waals surface area contributed by atoms with Gasteiger partial charge in [0, 0.05) is 35.4 Å². The highest BCUT2D eigenvalue weighted by Gasteiger charge is 2.11. The summed E-state index contributed by atoms with van der Waals surface area (Å²) in [6, 6.07) is 10.4. The Morgan fingerprint density at radius 1 is 1.24 bits per heavy atom. The van der Waals surface area contributed by atoms with Crippen LogP contribution in [0, 0.1) is 0 Å².